The van der Waals surface area contributed by atoms with Crippen molar-refractivity contribution in [3.63, 3.8) is 0 Å². The van der Waals surface area contributed by atoms with Gasteiger partial charge >= 0.3 is 5.97 Å². The van der Waals surface area contributed by atoms with E-state index in [1.165, 1.54) is 23.1 Å². The SMILES string of the molecule is Cc1ccc(NC(=O)CN2C(=O)COc3cc(C(=O)O)ccc32)cc1. The van der Waals surface area contributed by atoms with E-state index < -0.39 is 5.97 Å². The zero-order chi connectivity index (χ0) is 18.0. The monoisotopic (exact) mass is 340 g/mol. The molecule has 2 N–H and O–H groups in total. The molecule has 25 heavy (non-hydrogen) atoms. The highest BCUT2D eigenvalue weighted by Crippen LogP contribution is 2.32. The van der Waals surface area contributed by atoms with Crippen LogP contribution in [0.5, 0.6) is 5.75 Å². The van der Waals surface area contributed by atoms with Gasteiger partial charge in [-0.3, -0.25) is 14.5 Å². The van der Waals surface area contributed by atoms with Crippen molar-refractivity contribution in [3.8, 4) is 5.75 Å². The van der Waals surface area contributed by atoms with Crippen LogP contribution in [0.25, 0.3) is 0 Å². The summed E-state index contributed by atoms with van der Waals surface area (Å²) >= 11 is 0. The first kappa shape index (κ1) is 16.5. The first-order valence-electron chi connectivity index (χ1n) is 7.61. The Morgan fingerprint density at radius 1 is 1.20 bits per heavy atom. The number of anilines is 2. The van der Waals surface area contributed by atoms with Crippen LogP contribution in [0.1, 0.15) is 15.9 Å². The first-order chi connectivity index (χ1) is 11.9. The maximum atomic E-state index is 12.3. The van der Waals surface area contributed by atoms with Gasteiger partial charge in [0.15, 0.2) is 6.61 Å². The van der Waals surface area contributed by atoms with Gasteiger partial charge in [-0.1, -0.05) is 17.7 Å². The standard InChI is InChI=1S/C18H16N2O5/c1-11-2-5-13(6-3-11)19-16(21)9-20-14-7-4-12(18(23)24)8-15(14)25-10-17(20)22/h2-8H,9-10H2,1H3,(H,19,21)(H,23,24). The average Bonchev–Trinajstić information content (AvgIpc) is 2.59. The number of benzene rings is 2. The molecule has 128 valence electrons. The Morgan fingerprint density at radius 3 is 2.60 bits per heavy atom. The molecule has 2 aromatic rings. The van der Waals surface area contributed by atoms with Crippen molar-refractivity contribution in [2.24, 2.45) is 0 Å². The van der Waals surface area contributed by atoms with Crippen molar-refractivity contribution in [2.75, 3.05) is 23.4 Å². The molecule has 0 aromatic heterocycles. The zero-order valence-electron chi connectivity index (χ0n) is 13.5. The van der Waals surface area contributed by atoms with E-state index in [4.69, 9.17) is 9.84 Å². The summed E-state index contributed by atoms with van der Waals surface area (Å²) in [5.41, 5.74) is 2.14. The van der Waals surface area contributed by atoms with Crippen LogP contribution in [0.15, 0.2) is 42.5 Å². The number of carboxylic acids is 1. The van der Waals surface area contributed by atoms with Crippen LogP contribution in [-0.2, 0) is 9.59 Å². The van der Waals surface area contributed by atoms with E-state index in [0.29, 0.717) is 11.4 Å². The third-order valence-electron chi connectivity index (χ3n) is 3.79. The molecular weight excluding hydrogens is 324 g/mol. The Bertz CT molecular complexity index is 845. The van der Waals surface area contributed by atoms with E-state index >= 15 is 0 Å². The second-order valence-corrected chi connectivity index (χ2v) is 5.67. The first-order valence-corrected chi connectivity index (χ1v) is 7.61. The predicted molar refractivity (Wildman–Crippen MR) is 91.1 cm³/mol. The molecular formula is C18H16N2O5. The van der Waals surface area contributed by atoms with Crippen molar-refractivity contribution < 1.29 is 24.2 Å². The molecule has 0 fully saturated rings. The second kappa shape index (κ2) is 6.64. The minimum atomic E-state index is -1.09. The highest BCUT2D eigenvalue weighted by atomic mass is 16.5. The molecule has 2 aromatic carbocycles. The van der Waals surface area contributed by atoms with Gasteiger partial charge in [-0.05, 0) is 37.3 Å². The van der Waals surface area contributed by atoms with E-state index in [1.807, 2.05) is 19.1 Å². The number of rotatable bonds is 4. The normalized spacial score (nSPS) is 13.0. The number of hydrogen-bond acceptors (Lipinski definition) is 4. The van der Waals surface area contributed by atoms with Crippen LogP contribution < -0.4 is 15.0 Å². The summed E-state index contributed by atoms with van der Waals surface area (Å²) in [4.78, 5) is 36.7. The molecule has 0 aliphatic carbocycles. The Kier molecular flexibility index (Phi) is 4.38. The van der Waals surface area contributed by atoms with Crippen molar-refractivity contribution in [1.82, 2.24) is 0 Å². The van der Waals surface area contributed by atoms with Crippen molar-refractivity contribution in [1.29, 1.82) is 0 Å². The highest BCUT2D eigenvalue weighted by molar-refractivity contribution is 6.05. The Balaban J connectivity index is 1.78. The molecule has 0 atom stereocenters. The molecule has 0 saturated carbocycles. The number of carboxylic acid groups (broad SMARTS) is 1. The highest BCUT2D eigenvalue weighted by Gasteiger charge is 2.28. The number of amides is 2. The summed E-state index contributed by atoms with van der Waals surface area (Å²) in [5.74, 6) is -1.54. The zero-order valence-corrected chi connectivity index (χ0v) is 13.5. The van der Waals surface area contributed by atoms with Gasteiger partial charge in [0.25, 0.3) is 5.91 Å². The van der Waals surface area contributed by atoms with E-state index in [2.05, 4.69) is 5.32 Å². The van der Waals surface area contributed by atoms with Crippen LogP contribution in [-0.4, -0.2) is 36.0 Å². The van der Waals surface area contributed by atoms with Gasteiger partial charge in [-0.25, -0.2) is 4.79 Å². The number of aromatic carboxylic acids is 1. The Hall–Kier alpha value is -3.35. The third-order valence-corrected chi connectivity index (χ3v) is 3.79. The summed E-state index contributed by atoms with van der Waals surface area (Å²) in [7, 11) is 0. The quantitative estimate of drug-likeness (QED) is 0.888. The third kappa shape index (κ3) is 3.60. The fourth-order valence-corrected chi connectivity index (χ4v) is 2.49. The summed E-state index contributed by atoms with van der Waals surface area (Å²) in [5, 5.41) is 11.8. The van der Waals surface area contributed by atoms with Gasteiger partial charge in [0.2, 0.25) is 5.91 Å². The van der Waals surface area contributed by atoms with Gasteiger partial charge in [0, 0.05) is 5.69 Å². The lowest BCUT2D eigenvalue weighted by Gasteiger charge is -2.29. The topological polar surface area (TPSA) is 95.9 Å². The van der Waals surface area contributed by atoms with Crippen LogP contribution in [0, 0.1) is 6.92 Å². The number of fused-ring (bicyclic) bond motifs is 1. The molecule has 3 rings (SSSR count). The van der Waals surface area contributed by atoms with Gasteiger partial charge in [0.05, 0.1) is 11.3 Å². The minimum Gasteiger partial charge on any atom is -0.482 e. The van der Waals surface area contributed by atoms with E-state index in [1.54, 1.807) is 12.1 Å². The fraction of sp³-hybridized carbons (Fsp3) is 0.167. The van der Waals surface area contributed by atoms with E-state index in [-0.39, 0.29) is 36.3 Å². The van der Waals surface area contributed by atoms with Crippen LogP contribution in [0.4, 0.5) is 11.4 Å². The molecule has 0 radical (unpaired) electrons. The molecule has 0 bridgehead atoms. The number of nitrogens with one attached hydrogen (secondary N) is 1. The number of carbonyl (C=O) groups is 3. The molecule has 1 aliphatic rings. The maximum Gasteiger partial charge on any atom is 0.335 e. The number of aryl methyl sites for hydroxylation is 1. The Labute approximate surface area is 143 Å². The van der Waals surface area contributed by atoms with Crippen molar-refractivity contribution >= 4 is 29.2 Å². The summed E-state index contributed by atoms with van der Waals surface area (Å²) in [6.07, 6.45) is 0. The lowest BCUT2D eigenvalue weighted by Crippen LogP contribution is -2.43. The lowest BCUT2D eigenvalue weighted by molar-refractivity contribution is -0.123. The summed E-state index contributed by atoms with van der Waals surface area (Å²) in [6.45, 7) is 1.52. The largest absolute Gasteiger partial charge is 0.482 e. The predicted octanol–water partition coefficient (Wildman–Crippen LogP) is 2.06. The second-order valence-electron chi connectivity index (χ2n) is 5.67. The maximum absolute atomic E-state index is 12.3. The number of nitrogens with zero attached hydrogens (tertiary/aromatic N) is 1. The lowest BCUT2D eigenvalue weighted by atomic mass is 10.1. The Morgan fingerprint density at radius 2 is 1.92 bits per heavy atom. The van der Waals surface area contributed by atoms with Gasteiger partial charge in [-0.2, -0.15) is 0 Å². The summed E-state index contributed by atoms with van der Waals surface area (Å²) in [6, 6.07) is 11.5. The molecule has 0 spiro atoms. The number of hydrogen-bond donors (Lipinski definition) is 2. The van der Waals surface area contributed by atoms with Crippen molar-refractivity contribution in [2.45, 2.75) is 6.92 Å². The van der Waals surface area contributed by atoms with Crippen LogP contribution >= 0.6 is 0 Å². The minimum absolute atomic E-state index is 0.0529. The molecule has 2 amide bonds. The molecule has 1 heterocycles. The average molecular weight is 340 g/mol. The summed E-state index contributed by atoms with van der Waals surface area (Å²) < 4.78 is 5.28. The van der Waals surface area contributed by atoms with Gasteiger partial charge < -0.3 is 15.2 Å². The van der Waals surface area contributed by atoms with Crippen molar-refractivity contribution in [3.05, 3.63) is 53.6 Å². The fourth-order valence-electron chi connectivity index (χ4n) is 2.49. The van der Waals surface area contributed by atoms with Gasteiger partial charge in [0.1, 0.15) is 12.3 Å². The van der Waals surface area contributed by atoms with Gasteiger partial charge in [-0.15, -0.1) is 0 Å². The molecule has 0 unspecified atom stereocenters. The van der Waals surface area contributed by atoms with E-state index in [9.17, 15) is 14.4 Å². The molecule has 7 heteroatoms. The molecule has 1 aliphatic heterocycles. The van der Waals surface area contributed by atoms with E-state index in [0.717, 1.165) is 5.56 Å². The molecule has 7 nitrogen and oxygen atoms in total. The number of carbonyl (C=O) groups excluding carboxylic acids is 2. The number of ether oxygens (including phenoxy) is 1. The smallest absolute Gasteiger partial charge is 0.335 e. The van der Waals surface area contributed by atoms with Crippen LogP contribution in [0.2, 0.25) is 0 Å². The molecule has 0 saturated heterocycles. The van der Waals surface area contributed by atoms with Crippen LogP contribution in [0.3, 0.4) is 0 Å².